The van der Waals surface area contributed by atoms with Crippen molar-refractivity contribution < 1.29 is 4.79 Å². The number of carbonyl (C=O) groups is 1. The van der Waals surface area contributed by atoms with Crippen LogP contribution < -0.4 is 16.4 Å². The van der Waals surface area contributed by atoms with Gasteiger partial charge < -0.3 is 16.4 Å². The average molecular weight is 309 g/mol. The summed E-state index contributed by atoms with van der Waals surface area (Å²) in [7, 11) is 0. The van der Waals surface area contributed by atoms with Crippen LogP contribution in [-0.4, -0.2) is 11.9 Å². The van der Waals surface area contributed by atoms with Gasteiger partial charge in [0.2, 0.25) is 5.91 Å². The van der Waals surface area contributed by atoms with E-state index in [1.54, 1.807) is 6.92 Å². The molecule has 0 aliphatic rings. The van der Waals surface area contributed by atoms with E-state index in [-0.39, 0.29) is 18.0 Å². The smallest absolute Gasteiger partial charge is 0.234 e. The van der Waals surface area contributed by atoms with Gasteiger partial charge in [-0.05, 0) is 24.1 Å². The molecule has 0 saturated carbocycles. The summed E-state index contributed by atoms with van der Waals surface area (Å²) in [5.74, 6) is -0.358. The summed E-state index contributed by atoms with van der Waals surface area (Å²) in [6.07, 6.45) is 1.88. The third-order valence-corrected chi connectivity index (χ3v) is 3.75. The van der Waals surface area contributed by atoms with Gasteiger partial charge in [-0.15, -0.1) is 6.58 Å². The molecule has 2 rings (SSSR count). The molecule has 2 unspecified atom stereocenters. The van der Waals surface area contributed by atoms with E-state index in [1.807, 2.05) is 48.5 Å². The molecule has 0 saturated heterocycles. The van der Waals surface area contributed by atoms with Crippen LogP contribution in [0.15, 0.2) is 67.3 Å². The first-order chi connectivity index (χ1) is 11.1. The molecule has 0 radical (unpaired) electrons. The van der Waals surface area contributed by atoms with E-state index in [1.165, 1.54) is 0 Å². The van der Waals surface area contributed by atoms with Crippen LogP contribution in [0.4, 0.5) is 5.69 Å². The van der Waals surface area contributed by atoms with E-state index in [2.05, 4.69) is 29.3 Å². The SMILES string of the molecule is C=CC(Nc1ccccc1CNC(C)C(N)=O)c1ccccc1. The predicted octanol–water partition coefficient (Wildman–Crippen LogP) is 2.99. The van der Waals surface area contributed by atoms with E-state index in [0.717, 1.165) is 16.8 Å². The van der Waals surface area contributed by atoms with Crippen molar-refractivity contribution in [2.75, 3.05) is 5.32 Å². The number of nitrogens with two attached hydrogens (primary N) is 1. The lowest BCUT2D eigenvalue weighted by Gasteiger charge is -2.20. The van der Waals surface area contributed by atoms with Crippen molar-refractivity contribution in [1.82, 2.24) is 5.32 Å². The van der Waals surface area contributed by atoms with E-state index >= 15 is 0 Å². The molecule has 4 N–H and O–H groups in total. The third kappa shape index (κ3) is 4.69. The fourth-order valence-electron chi connectivity index (χ4n) is 2.29. The molecule has 0 aliphatic heterocycles. The second-order valence-electron chi connectivity index (χ2n) is 5.43. The number of nitrogens with one attached hydrogen (secondary N) is 2. The number of carbonyl (C=O) groups excluding carboxylic acids is 1. The Labute approximate surface area is 137 Å². The first-order valence-electron chi connectivity index (χ1n) is 7.66. The Hall–Kier alpha value is -2.59. The number of hydrogen-bond donors (Lipinski definition) is 3. The lowest BCUT2D eigenvalue weighted by molar-refractivity contribution is -0.119. The Kier molecular flexibility index (Phi) is 5.94. The number of amides is 1. The number of primary amides is 1. The molecule has 0 bridgehead atoms. The summed E-state index contributed by atoms with van der Waals surface area (Å²) >= 11 is 0. The Morgan fingerprint density at radius 2 is 1.83 bits per heavy atom. The topological polar surface area (TPSA) is 67.2 Å². The first-order valence-corrected chi connectivity index (χ1v) is 7.66. The van der Waals surface area contributed by atoms with Gasteiger partial charge in [-0.3, -0.25) is 4.79 Å². The average Bonchev–Trinajstić information content (AvgIpc) is 2.59. The molecular formula is C19H23N3O. The highest BCUT2D eigenvalue weighted by Gasteiger charge is 2.11. The Morgan fingerprint density at radius 1 is 1.17 bits per heavy atom. The van der Waals surface area contributed by atoms with Gasteiger partial charge in [-0.2, -0.15) is 0 Å². The quantitative estimate of drug-likeness (QED) is 0.657. The highest BCUT2D eigenvalue weighted by molar-refractivity contribution is 5.79. The minimum absolute atomic E-state index is 0.0194. The van der Waals surface area contributed by atoms with Crippen LogP contribution in [0.25, 0.3) is 0 Å². The van der Waals surface area contributed by atoms with Gasteiger partial charge in [0, 0.05) is 12.2 Å². The van der Waals surface area contributed by atoms with Gasteiger partial charge in [0.15, 0.2) is 0 Å². The van der Waals surface area contributed by atoms with Crippen LogP contribution in [0.3, 0.4) is 0 Å². The molecule has 1 amide bonds. The van der Waals surface area contributed by atoms with Gasteiger partial charge in [0.1, 0.15) is 0 Å². The summed E-state index contributed by atoms with van der Waals surface area (Å²) in [5.41, 5.74) is 8.51. The van der Waals surface area contributed by atoms with E-state index in [0.29, 0.717) is 6.54 Å². The van der Waals surface area contributed by atoms with Crippen molar-refractivity contribution >= 4 is 11.6 Å². The maximum atomic E-state index is 11.1. The highest BCUT2D eigenvalue weighted by Crippen LogP contribution is 2.23. The predicted molar refractivity (Wildman–Crippen MR) is 94.9 cm³/mol. The van der Waals surface area contributed by atoms with Crippen molar-refractivity contribution in [1.29, 1.82) is 0 Å². The van der Waals surface area contributed by atoms with Crippen LogP contribution in [0.2, 0.25) is 0 Å². The zero-order valence-electron chi connectivity index (χ0n) is 13.3. The molecule has 4 heteroatoms. The monoisotopic (exact) mass is 309 g/mol. The molecule has 23 heavy (non-hydrogen) atoms. The van der Waals surface area contributed by atoms with Crippen molar-refractivity contribution in [3.63, 3.8) is 0 Å². The summed E-state index contributed by atoms with van der Waals surface area (Å²) in [5, 5.41) is 6.62. The van der Waals surface area contributed by atoms with Crippen molar-refractivity contribution in [3.8, 4) is 0 Å². The number of hydrogen-bond acceptors (Lipinski definition) is 3. The van der Waals surface area contributed by atoms with Crippen LogP contribution in [-0.2, 0) is 11.3 Å². The largest absolute Gasteiger partial charge is 0.374 e. The molecule has 2 atom stereocenters. The van der Waals surface area contributed by atoms with E-state index in [4.69, 9.17) is 5.73 Å². The lowest BCUT2D eigenvalue weighted by atomic mass is 10.1. The molecule has 0 spiro atoms. The Morgan fingerprint density at radius 3 is 2.48 bits per heavy atom. The summed E-state index contributed by atoms with van der Waals surface area (Å²) in [6, 6.07) is 17.8. The minimum Gasteiger partial charge on any atom is -0.374 e. The fraction of sp³-hybridized carbons (Fsp3) is 0.211. The third-order valence-electron chi connectivity index (χ3n) is 3.75. The van der Waals surface area contributed by atoms with Crippen molar-refractivity contribution in [2.45, 2.75) is 25.6 Å². The van der Waals surface area contributed by atoms with Crippen molar-refractivity contribution in [2.24, 2.45) is 5.73 Å². The Balaban J connectivity index is 2.13. The van der Waals surface area contributed by atoms with E-state index in [9.17, 15) is 4.79 Å². The first kappa shape index (κ1) is 16.8. The zero-order valence-corrected chi connectivity index (χ0v) is 13.3. The fourth-order valence-corrected chi connectivity index (χ4v) is 2.29. The Bertz CT molecular complexity index is 655. The summed E-state index contributed by atoms with van der Waals surface area (Å²) in [4.78, 5) is 11.1. The molecule has 0 aromatic heterocycles. The zero-order chi connectivity index (χ0) is 16.7. The molecule has 2 aromatic carbocycles. The van der Waals surface area contributed by atoms with Gasteiger partial charge in [-0.25, -0.2) is 0 Å². The minimum atomic E-state index is -0.368. The molecule has 120 valence electrons. The van der Waals surface area contributed by atoms with Crippen molar-refractivity contribution in [3.05, 3.63) is 78.4 Å². The van der Waals surface area contributed by atoms with Crippen LogP contribution in [0, 0.1) is 0 Å². The molecule has 0 fully saturated rings. The molecule has 2 aromatic rings. The summed E-state index contributed by atoms with van der Waals surface area (Å²) < 4.78 is 0. The summed E-state index contributed by atoms with van der Waals surface area (Å²) in [6.45, 7) is 6.24. The van der Waals surface area contributed by atoms with E-state index < -0.39 is 0 Å². The normalized spacial score (nSPS) is 13.1. The molecular weight excluding hydrogens is 286 g/mol. The maximum Gasteiger partial charge on any atom is 0.234 e. The molecule has 0 aliphatic carbocycles. The van der Waals surface area contributed by atoms with Gasteiger partial charge in [0.05, 0.1) is 12.1 Å². The number of benzene rings is 2. The number of anilines is 1. The van der Waals surface area contributed by atoms with Crippen LogP contribution in [0.5, 0.6) is 0 Å². The van der Waals surface area contributed by atoms with Crippen LogP contribution in [0.1, 0.15) is 24.1 Å². The number of para-hydroxylation sites is 1. The highest BCUT2D eigenvalue weighted by atomic mass is 16.1. The van der Waals surface area contributed by atoms with Gasteiger partial charge in [0.25, 0.3) is 0 Å². The second-order valence-corrected chi connectivity index (χ2v) is 5.43. The van der Waals surface area contributed by atoms with Gasteiger partial charge >= 0.3 is 0 Å². The maximum absolute atomic E-state index is 11.1. The number of rotatable bonds is 8. The van der Waals surface area contributed by atoms with Crippen LogP contribution >= 0.6 is 0 Å². The second kappa shape index (κ2) is 8.15. The molecule has 0 heterocycles. The van der Waals surface area contributed by atoms with Gasteiger partial charge in [-0.1, -0.05) is 54.6 Å². The lowest BCUT2D eigenvalue weighted by Crippen LogP contribution is -2.38. The molecule has 4 nitrogen and oxygen atoms in total. The standard InChI is InChI=1S/C19H23N3O/c1-3-17(15-9-5-4-6-10-15)22-18-12-8-7-11-16(18)13-21-14(2)19(20)23/h3-12,14,17,21-22H,1,13H2,2H3,(H2,20,23).